The van der Waals surface area contributed by atoms with Crippen molar-refractivity contribution in [3.63, 3.8) is 0 Å². The fourth-order valence-corrected chi connectivity index (χ4v) is 2.38. The lowest BCUT2D eigenvalue weighted by atomic mass is 10.2. The third kappa shape index (κ3) is 1.74. The van der Waals surface area contributed by atoms with E-state index in [2.05, 4.69) is 26.0 Å². The smallest absolute Gasteiger partial charge is 0.150 e. The molecule has 0 spiro atoms. The third-order valence-corrected chi connectivity index (χ3v) is 3.29. The molecule has 0 saturated carbocycles. The van der Waals surface area contributed by atoms with Crippen LogP contribution in [0.1, 0.15) is 25.5 Å². The van der Waals surface area contributed by atoms with E-state index in [1.54, 1.807) is 6.20 Å². The molecule has 2 aromatic rings. The summed E-state index contributed by atoms with van der Waals surface area (Å²) in [6, 6.07) is 3.96. The quantitative estimate of drug-likeness (QED) is 0.755. The predicted octanol–water partition coefficient (Wildman–Crippen LogP) is 2.89. The van der Waals surface area contributed by atoms with Crippen LogP contribution in [0.25, 0.3) is 11.0 Å². The molecule has 0 amide bonds. The minimum Gasteiger partial charge on any atom is -0.356 e. The van der Waals surface area contributed by atoms with E-state index in [1.807, 2.05) is 16.8 Å². The molecule has 3 rings (SSSR count). The molecule has 1 aliphatic heterocycles. The van der Waals surface area contributed by atoms with Gasteiger partial charge >= 0.3 is 0 Å². The maximum atomic E-state index is 5.72. The van der Waals surface area contributed by atoms with E-state index in [4.69, 9.17) is 4.74 Å². The SMILES string of the molecule is Brc1ccc2c(cnn2[C@@H]2CCCCO2)n1. The summed E-state index contributed by atoms with van der Waals surface area (Å²) in [6.07, 6.45) is 5.26. The number of halogens is 1. The molecule has 1 aliphatic rings. The molecule has 0 aliphatic carbocycles. The second-order valence-electron chi connectivity index (χ2n) is 3.95. The van der Waals surface area contributed by atoms with Gasteiger partial charge in [-0.25, -0.2) is 9.67 Å². The molecule has 0 aromatic carbocycles. The van der Waals surface area contributed by atoms with Gasteiger partial charge in [0.1, 0.15) is 10.1 Å². The normalized spacial score (nSPS) is 21.4. The van der Waals surface area contributed by atoms with Gasteiger partial charge in [-0.05, 0) is 47.3 Å². The number of nitrogens with zero attached hydrogens (tertiary/aromatic N) is 3. The topological polar surface area (TPSA) is 39.9 Å². The third-order valence-electron chi connectivity index (χ3n) is 2.85. The van der Waals surface area contributed by atoms with Crippen LogP contribution in [0.4, 0.5) is 0 Å². The lowest BCUT2D eigenvalue weighted by Gasteiger charge is -2.23. The maximum Gasteiger partial charge on any atom is 0.150 e. The van der Waals surface area contributed by atoms with Gasteiger partial charge in [-0.2, -0.15) is 5.10 Å². The molecule has 0 bridgehead atoms. The highest BCUT2D eigenvalue weighted by atomic mass is 79.9. The van der Waals surface area contributed by atoms with Gasteiger partial charge in [0.25, 0.3) is 0 Å². The van der Waals surface area contributed by atoms with Gasteiger partial charge in [-0.3, -0.25) is 0 Å². The molecule has 0 radical (unpaired) electrons. The summed E-state index contributed by atoms with van der Waals surface area (Å²) in [6.45, 7) is 0.829. The summed E-state index contributed by atoms with van der Waals surface area (Å²) in [7, 11) is 0. The summed E-state index contributed by atoms with van der Waals surface area (Å²) in [4.78, 5) is 4.37. The summed E-state index contributed by atoms with van der Waals surface area (Å²) >= 11 is 3.36. The fraction of sp³-hybridized carbons (Fsp3) is 0.455. The maximum absolute atomic E-state index is 5.72. The number of rotatable bonds is 1. The summed E-state index contributed by atoms with van der Waals surface area (Å²) < 4.78 is 8.50. The molecule has 1 saturated heterocycles. The van der Waals surface area contributed by atoms with Crippen molar-refractivity contribution in [2.75, 3.05) is 6.61 Å². The van der Waals surface area contributed by atoms with Crippen molar-refractivity contribution in [2.45, 2.75) is 25.5 Å². The Balaban J connectivity index is 2.03. The molecule has 3 heterocycles. The van der Waals surface area contributed by atoms with Gasteiger partial charge in [0, 0.05) is 6.61 Å². The first kappa shape index (κ1) is 10.2. The lowest BCUT2D eigenvalue weighted by Crippen LogP contribution is -2.18. The zero-order valence-corrected chi connectivity index (χ0v) is 10.4. The second-order valence-corrected chi connectivity index (χ2v) is 4.76. The summed E-state index contributed by atoms with van der Waals surface area (Å²) in [5.41, 5.74) is 1.94. The molecule has 0 unspecified atom stereocenters. The lowest BCUT2D eigenvalue weighted by molar-refractivity contribution is -0.0366. The van der Waals surface area contributed by atoms with Crippen LogP contribution >= 0.6 is 15.9 Å². The van der Waals surface area contributed by atoms with Crippen LogP contribution in [0.2, 0.25) is 0 Å². The van der Waals surface area contributed by atoms with Gasteiger partial charge in [-0.1, -0.05) is 0 Å². The van der Waals surface area contributed by atoms with Crippen molar-refractivity contribution in [1.29, 1.82) is 0 Å². The molecule has 5 heteroatoms. The van der Waals surface area contributed by atoms with Crippen LogP contribution in [0.3, 0.4) is 0 Å². The zero-order chi connectivity index (χ0) is 11.0. The van der Waals surface area contributed by atoms with E-state index in [0.717, 1.165) is 35.1 Å². The van der Waals surface area contributed by atoms with Gasteiger partial charge in [0.05, 0.1) is 11.7 Å². The van der Waals surface area contributed by atoms with Crippen molar-refractivity contribution in [2.24, 2.45) is 0 Å². The standard InChI is InChI=1S/C11H12BrN3O/c12-10-5-4-9-8(14-10)7-13-15(9)11-3-1-2-6-16-11/h4-5,7,11H,1-3,6H2/t11-/m0/s1. The van der Waals surface area contributed by atoms with E-state index >= 15 is 0 Å². The van der Waals surface area contributed by atoms with E-state index in [0.29, 0.717) is 0 Å². The number of hydrogen-bond donors (Lipinski definition) is 0. The first-order valence-corrected chi connectivity index (χ1v) is 6.25. The molecular weight excluding hydrogens is 270 g/mol. The number of ether oxygens (including phenoxy) is 1. The highest BCUT2D eigenvalue weighted by molar-refractivity contribution is 9.10. The molecule has 84 valence electrons. The first-order valence-electron chi connectivity index (χ1n) is 5.46. The van der Waals surface area contributed by atoms with Crippen molar-refractivity contribution >= 4 is 27.0 Å². The van der Waals surface area contributed by atoms with Crippen LogP contribution in [0.5, 0.6) is 0 Å². The highest BCUT2D eigenvalue weighted by Crippen LogP contribution is 2.25. The first-order chi connectivity index (χ1) is 7.84. The second kappa shape index (κ2) is 4.14. The van der Waals surface area contributed by atoms with Crippen LogP contribution in [-0.4, -0.2) is 21.4 Å². The Kier molecular flexibility index (Phi) is 2.65. The Morgan fingerprint density at radius 3 is 3.12 bits per heavy atom. The number of aromatic nitrogens is 3. The van der Waals surface area contributed by atoms with Crippen LogP contribution in [0, 0.1) is 0 Å². The predicted molar refractivity (Wildman–Crippen MR) is 64.1 cm³/mol. The molecule has 1 fully saturated rings. The molecule has 1 atom stereocenters. The zero-order valence-electron chi connectivity index (χ0n) is 8.77. The number of pyridine rings is 1. The molecule has 2 aromatic heterocycles. The molecule has 16 heavy (non-hydrogen) atoms. The van der Waals surface area contributed by atoms with Crippen LogP contribution in [0.15, 0.2) is 22.9 Å². The largest absolute Gasteiger partial charge is 0.356 e. The fourth-order valence-electron chi connectivity index (χ4n) is 2.06. The molecule has 4 nitrogen and oxygen atoms in total. The average molecular weight is 282 g/mol. The Morgan fingerprint density at radius 1 is 1.38 bits per heavy atom. The Labute approximate surface area is 102 Å². The minimum absolute atomic E-state index is 0.0780. The van der Waals surface area contributed by atoms with Crippen molar-refractivity contribution in [1.82, 2.24) is 14.8 Å². The molecule has 0 N–H and O–H groups in total. The Bertz CT molecular complexity index is 505. The monoisotopic (exact) mass is 281 g/mol. The van der Waals surface area contributed by atoms with Crippen molar-refractivity contribution < 1.29 is 4.74 Å². The number of hydrogen-bond acceptors (Lipinski definition) is 3. The highest BCUT2D eigenvalue weighted by Gasteiger charge is 2.18. The Morgan fingerprint density at radius 2 is 2.31 bits per heavy atom. The van der Waals surface area contributed by atoms with E-state index < -0.39 is 0 Å². The van der Waals surface area contributed by atoms with Crippen LogP contribution in [-0.2, 0) is 4.74 Å². The van der Waals surface area contributed by atoms with Gasteiger partial charge in [0.15, 0.2) is 6.23 Å². The minimum atomic E-state index is 0.0780. The summed E-state index contributed by atoms with van der Waals surface area (Å²) in [5, 5.41) is 4.37. The van der Waals surface area contributed by atoms with Crippen LogP contribution < -0.4 is 0 Å². The van der Waals surface area contributed by atoms with E-state index in [9.17, 15) is 0 Å². The van der Waals surface area contributed by atoms with Crippen molar-refractivity contribution in [3.8, 4) is 0 Å². The number of fused-ring (bicyclic) bond motifs is 1. The van der Waals surface area contributed by atoms with Gasteiger partial charge < -0.3 is 4.74 Å². The van der Waals surface area contributed by atoms with Crippen molar-refractivity contribution in [3.05, 3.63) is 22.9 Å². The Hall–Kier alpha value is -0.940. The summed E-state index contributed by atoms with van der Waals surface area (Å²) in [5.74, 6) is 0. The average Bonchev–Trinajstić information content (AvgIpc) is 2.73. The van der Waals surface area contributed by atoms with E-state index in [-0.39, 0.29) is 6.23 Å². The van der Waals surface area contributed by atoms with Gasteiger partial charge in [-0.15, -0.1) is 0 Å². The van der Waals surface area contributed by atoms with E-state index in [1.165, 1.54) is 6.42 Å². The molecular formula is C11H12BrN3O. The van der Waals surface area contributed by atoms with Gasteiger partial charge in [0.2, 0.25) is 0 Å².